The lowest BCUT2D eigenvalue weighted by atomic mass is 10.0. The van der Waals surface area contributed by atoms with Gasteiger partial charge in [0.05, 0.1) is 22.6 Å². The molecule has 3 rings (SSSR count). The van der Waals surface area contributed by atoms with Crippen molar-refractivity contribution in [2.24, 2.45) is 0 Å². The van der Waals surface area contributed by atoms with E-state index < -0.39 is 33.7 Å². The largest absolute Gasteiger partial charge is 0.416 e. The van der Waals surface area contributed by atoms with Crippen LogP contribution in [-0.4, -0.2) is 33.6 Å². The number of carbonyl (C=O) groups excluding carboxylic acids is 1. The minimum Gasteiger partial charge on any atom is -0.377 e. The first-order chi connectivity index (χ1) is 14.6. The number of halogens is 3. The van der Waals surface area contributed by atoms with Crippen LogP contribution in [0.1, 0.15) is 47.3 Å². The fraction of sp³-hybridized carbons (Fsp3) is 0.381. The molecular formula is C21H23F3N2O4S. The van der Waals surface area contributed by atoms with Gasteiger partial charge >= 0.3 is 6.18 Å². The molecule has 2 atom stereocenters. The van der Waals surface area contributed by atoms with E-state index in [1.54, 1.807) is 6.92 Å². The van der Waals surface area contributed by atoms with Gasteiger partial charge in [0.25, 0.3) is 5.91 Å². The molecular weight excluding hydrogens is 433 g/mol. The van der Waals surface area contributed by atoms with E-state index in [1.807, 2.05) is 0 Å². The molecule has 0 saturated carbocycles. The first-order valence-electron chi connectivity index (χ1n) is 9.75. The SMILES string of the molecule is CC(NC(=O)c1ccc(S(=O)(=O)NCC2CCCO2)cc1)c1cccc(C(F)(F)F)c1. The first-order valence-corrected chi connectivity index (χ1v) is 11.2. The van der Waals surface area contributed by atoms with Crippen molar-refractivity contribution >= 4 is 15.9 Å². The number of amides is 1. The molecule has 31 heavy (non-hydrogen) atoms. The molecule has 1 aliphatic rings. The summed E-state index contributed by atoms with van der Waals surface area (Å²) >= 11 is 0. The molecule has 0 aliphatic carbocycles. The van der Waals surface area contributed by atoms with Crippen molar-refractivity contribution in [3.63, 3.8) is 0 Å². The van der Waals surface area contributed by atoms with Crippen LogP contribution in [-0.2, 0) is 20.9 Å². The third kappa shape index (κ3) is 6.05. The van der Waals surface area contributed by atoms with Crippen LogP contribution in [0.4, 0.5) is 13.2 Å². The second-order valence-corrected chi connectivity index (χ2v) is 9.10. The summed E-state index contributed by atoms with van der Waals surface area (Å²) in [6.45, 7) is 2.37. The smallest absolute Gasteiger partial charge is 0.377 e. The molecule has 0 radical (unpaired) electrons. The summed E-state index contributed by atoms with van der Waals surface area (Å²) in [5.41, 5.74) is -0.297. The van der Waals surface area contributed by atoms with Crippen LogP contribution >= 0.6 is 0 Å². The number of nitrogens with one attached hydrogen (secondary N) is 2. The molecule has 1 aliphatic heterocycles. The van der Waals surface area contributed by atoms with Crippen LogP contribution in [0.3, 0.4) is 0 Å². The van der Waals surface area contributed by atoms with Crippen LogP contribution in [0, 0.1) is 0 Å². The lowest BCUT2D eigenvalue weighted by Gasteiger charge is -2.16. The molecule has 10 heteroatoms. The van der Waals surface area contributed by atoms with Crippen molar-refractivity contribution < 1.29 is 31.1 Å². The Bertz CT molecular complexity index is 1020. The topological polar surface area (TPSA) is 84.5 Å². The number of ether oxygens (including phenoxy) is 1. The van der Waals surface area contributed by atoms with E-state index in [9.17, 15) is 26.4 Å². The Hall–Kier alpha value is -2.43. The van der Waals surface area contributed by atoms with Crippen molar-refractivity contribution in [3.8, 4) is 0 Å². The summed E-state index contributed by atoms with van der Waals surface area (Å²) in [6.07, 6.45) is -2.92. The van der Waals surface area contributed by atoms with Gasteiger partial charge in [-0.1, -0.05) is 12.1 Å². The van der Waals surface area contributed by atoms with Crippen molar-refractivity contribution in [3.05, 3.63) is 65.2 Å². The molecule has 6 nitrogen and oxygen atoms in total. The number of hydrogen-bond donors (Lipinski definition) is 2. The van der Waals surface area contributed by atoms with E-state index >= 15 is 0 Å². The Kier molecular flexibility index (Phi) is 7.03. The van der Waals surface area contributed by atoms with Gasteiger partial charge in [0.15, 0.2) is 0 Å². The Morgan fingerprint density at radius 2 is 1.90 bits per heavy atom. The molecule has 0 aromatic heterocycles. The number of hydrogen-bond acceptors (Lipinski definition) is 4. The van der Waals surface area contributed by atoms with Crippen molar-refractivity contribution in [2.45, 2.75) is 43.0 Å². The van der Waals surface area contributed by atoms with E-state index in [-0.39, 0.29) is 23.1 Å². The highest BCUT2D eigenvalue weighted by Crippen LogP contribution is 2.30. The fourth-order valence-corrected chi connectivity index (χ4v) is 4.29. The summed E-state index contributed by atoms with van der Waals surface area (Å²) in [6, 6.07) is 9.38. The summed E-state index contributed by atoms with van der Waals surface area (Å²) in [5, 5.41) is 2.62. The molecule has 168 valence electrons. The van der Waals surface area contributed by atoms with Gasteiger partial charge in [-0.25, -0.2) is 13.1 Å². The van der Waals surface area contributed by atoms with E-state index in [0.29, 0.717) is 12.2 Å². The summed E-state index contributed by atoms with van der Waals surface area (Å²) in [5.74, 6) is -0.527. The van der Waals surface area contributed by atoms with Gasteiger partial charge in [0.2, 0.25) is 10.0 Å². The summed E-state index contributed by atoms with van der Waals surface area (Å²) in [7, 11) is -3.74. The Labute approximate surface area is 178 Å². The zero-order valence-electron chi connectivity index (χ0n) is 16.8. The maximum atomic E-state index is 12.9. The van der Waals surface area contributed by atoms with Gasteiger partial charge in [0, 0.05) is 18.7 Å². The molecule has 1 fully saturated rings. The highest BCUT2D eigenvalue weighted by molar-refractivity contribution is 7.89. The second kappa shape index (κ2) is 9.37. The van der Waals surface area contributed by atoms with E-state index in [2.05, 4.69) is 10.0 Å². The number of carbonyl (C=O) groups is 1. The van der Waals surface area contributed by atoms with Crippen LogP contribution < -0.4 is 10.0 Å². The van der Waals surface area contributed by atoms with Crippen molar-refractivity contribution in [1.82, 2.24) is 10.0 Å². The monoisotopic (exact) mass is 456 g/mol. The minimum absolute atomic E-state index is 0.00738. The Morgan fingerprint density at radius 3 is 2.52 bits per heavy atom. The van der Waals surface area contributed by atoms with Gasteiger partial charge in [0.1, 0.15) is 0 Å². The normalized spacial score (nSPS) is 18.0. The average Bonchev–Trinajstić information content (AvgIpc) is 3.26. The third-order valence-corrected chi connectivity index (χ3v) is 6.45. The van der Waals surface area contributed by atoms with Crippen LogP contribution in [0.2, 0.25) is 0 Å². The molecule has 1 heterocycles. The molecule has 2 unspecified atom stereocenters. The zero-order valence-corrected chi connectivity index (χ0v) is 17.6. The van der Waals surface area contributed by atoms with Gasteiger partial charge in [-0.3, -0.25) is 4.79 Å². The predicted octanol–water partition coefficient (Wildman–Crippen LogP) is 3.65. The third-order valence-electron chi connectivity index (χ3n) is 5.01. The standard InChI is InChI=1S/C21H23F3N2O4S/c1-14(16-4-2-5-17(12-16)21(22,23)24)26-20(27)15-7-9-19(10-8-15)31(28,29)25-13-18-6-3-11-30-18/h2,4-5,7-10,12,14,18,25H,3,6,11,13H2,1H3,(H,26,27). The highest BCUT2D eigenvalue weighted by Gasteiger charge is 2.30. The van der Waals surface area contributed by atoms with Crippen LogP contribution in [0.5, 0.6) is 0 Å². The maximum absolute atomic E-state index is 12.9. The van der Waals surface area contributed by atoms with Crippen LogP contribution in [0.15, 0.2) is 53.4 Å². The van der Waals surface area contributed by atoms with Gasteiger partial charge < -0.3 is 10.1 Å². The lowest BCUT2D eigenvalue weighted by molar-refractivity contribution is -0.137. The highest BCUT2D eigenvalue weighted by atomic mass is 32.2. The zero-order chi connectivity index (χ0) is 22.6. The quantitative estimate of drug-likeness (QED) is 0.666. The molecule has 1 amide bonds. The molecule has 1 saturated heterocycles. The van der Waals surface area contributed by atoms with E-state index in [4.69, 9.17) is 4.74 Å². The van der Waals surface area contributed by atoms with Gasteiger partial charge in [-0.15, -0.1) is 0 Å². The fourth-order valence-electron chi connectivity index (χ4n) is 3.22. The Balaban J connectivity index is 1.63. The number of rotatable bonds is 7. The molecule has 2 N–H and O–H groups in total. The lowest BCUT2D eigenvalue weighted by Crippen LogP contribution is -2.32. The maximum Gasteiger partial charge on any atom is 0.416 e. The molecule has 0 bridgehead atoms. The average molecular weight is 456 g/mol. The number of alkyl halides is 3. The van der Waals surface area contributed by atoms with Crippen molar-refractivity contribution in [2.75, 3.05) is 13.2 Å². The first kappa shape index (κ1) is 23.2. The summed E-state index contributed by atoms with van der Waals surface area (Å²) in [4.78, 5) is 12.5. The minimum atomic E-state index is -4.47. The molecule has 2 aromatic carbocycles. The summed E-state index contributed by atoms with van der Waals surface area (Å²) < 4.78 is 71.3. The van der Waals surface area contributed by atoms with Gasteiger partial charge in [-0.2, -0.15) is 13.2 Å². The molecule has 2 aromatic rings. The van der Waals surface area contributed by atoms with E-state index in [1.165, 1.54) is 36.4 Å². The van der Waals surface area contributed by atoms with E-state index in [0.717, 1.165) is 25.0 Å². The Morgan fingerprint density at radius 1 is 1.19 bits per heavy atom. The van der Waals surface area contributed by atoms with Crippen LogP contribution in [0.25, 0.3) is 0 Å². The predicted molar refractivity (Wildman–Crippen MR) is 108 cm³/mol. The van der Waals surface area contributed by atoms with Gasteiger partial charge in [-0.05, 0) is 61.7 Å². The van der Waals surface area contributed by atoms with Crippen molar-refractivity contribution in [1.29, 1.82) is 0 Å². The second-order valence-electron chi connectivity index (χ2n) is 7.33. The number of benzene rings is 2. The molecule has 0 spiro atoms. The number of sulfonamides is 1.